The van der Waals surface area contributed by atoms with Gasteiger partial charge in [0.1, 0.15) is 0 Å². The fourth-order valence-electron chi connectivity index (χ4n) is 2.98. The molecule has 0 radical (unpaired) electrons. The molecule has 102 valence electrons. The van der Waals surface area contributed by atoms with E-state index in [9.17, 15) is 0 Å². The number of nitrogens with two attached hydrogens (primary N) is 1. The van der Waals surface area contributed by atoms with Crippen molar-refractivity contribution in [2.75, 3.05) is 26.2 Å². The average Bonchev–Trinajstić information content (AvgIpc) is 2.55. The van der Waals surface area contributed by atoms with E-state index >= 15 is 0 Å². The zero-order chi connectivity index (χ0) is 12.3. The van der Waals surface area contributed by atoms with Crippen LogP contribution in [0.15, 0.2) is 0 Å². The highest BCUT2D eigenvalue weighted by Gasteiger charge is 2.15. The van der Waals surface area contributed by atoms with Crippen molar-refractivity contribution in [3.8, 4) is 0 Å². The van der Waals surface area contributed by atoms with Gasteiger partial charge in [-0.3, -0.25) is 0 Å². The number of likely N-dealkylation sites (tertiary alicyclic amines) is 1. The maximum Gasteiger partial charge on any atom is -0.00161 e. The van der Waals surface area contributed by atoms with Crippen LogP contribution in [-0.2, 0) is 0 Å². The van der Waals surface area contributed by atoms with Gasteiger partial charge in [0.25, 0.3) is 0 Å². The minimum absolute atomic E-state index is 0.864. The fraction of sp³-hybridized carbons (Fsp3) is 1.00. The van der Waals surface area contributed by atoms with E-state index in [1.165, 1.54) is 77.4 Å². The Morgan fingerprint density at radius 1 is 1.06 bits per heavy atom. The Hall–Kier alpha value is -0.0800. The number of rotatable bonds is 8. The number of unbranched alkanes of at least 4 members (excludes halogenated alkanes) is 3. The summed E-state index contributed by atoms with van der Waals surface area (Å²) in [6, 6.07) is 0. The molecule has 1 rings (SSSR count). The first-order valence-electron chi connectivity index (χ1n) is 7.79. The first-order valence-corrected chi connectivity index (χ1v) is 7.79. The second kappa shape index (κ2) is 9.90. The normalized spacial score (nSPS) is 22.6. The Labute approximate surface area is 108 Å². The van der Waals surface area contributed by atoms with Gasteiger partial charge in [-0.15, -0.1) is 0 Å². The molecule has 1 atom stereocenters. The van der Waals surface area contributed by atoms with E-state index in [2.05, 4.69) is 11.8 Å². The third-order valence-corrected chi connectivity index (χ3v) is 4.07. The lowest BCUT2D eigenvalue weighted by molar-refractivity contribution is 0.272. The van der Waals surface area contributed by atoms with Crippen LogP contribution < -0.4 is 5.73 Å². The maximum absolute atomic E-state index is 5.51. The number of nitrogens with zero attached hydrogens (tertiary/aromatic N) is 1. The summed E-state index contributed by atoms with van der Waals surface area (Å²) in [6.45, 7) is 7.20. The molecule has 0 aromatic heterocycles. The van der Waals surface area contributed by atoms with E-state index in [0.29, 0.717) is 0 Å². The number of hydrogen-bond donors (Lipinski definition) is 1. The van der Waals surface area contributed by atoms with E-state index < -0.39 is 0 Å². The Bertz CT molecular complexity index is 170. The molecule has 0 spiro atoms. The second-order valence-corrected chi connectivity index (χ2v) is 5.63. The summed E-state index contributed by atoms with van der Waals surface area (Å²) in [5.41, 5.74) is 5.51. The van der Waals surface area contributed by atoms with Crippen molar-refractivity contribution in [1.29, 1.82) is 0 Å². The second-order valence-electron chi connectivity index (χ2n) is 5.63. The fourth-order valence-corrected chi connectivity index (χ4v) is 2.98. The summed E-state index contributed by atoms with van der Waals surface area (Å²) in [6.07, 6.45) is 12.4. The Morgan fingerprint density at radius 3 is 2.65 bits per heavy atom. The third kappa shape index (κ3) is 7.05. The summed E-state index contributed by atoms with van der Waals surface area (Å²) in [5.74, 6) is 1.02. The summed E-state index contributed by atoms with van der Waals surface area (Å²) in [5, 5.41) is 0. The molecule has 1 heterocycles. The molecule has 0 aliphatic carbocycles. The van der Waals surface area contributed by atoms with Crippen molar-refractivity contribution < 1.29 is 0 Å². The van der Waals surface area contributed by atoms with Gasteiger partial charge < -0.3 is 10.6 Å². The minimum Gasteiger partial charge on any atom is -0.330 e. The highest BCUT2D eigenvalue weighted by atomic mass is 15.1. The molecule has 1 fully saturated rings. The summed E-state index contributed by atoms with van der Waals surface area (Å²) in [4.78, 5) is 2.69. The molecule has 1 aliphatic heterocycles. The topological polar surface area (TPSA) is 29.3 Å². The van der Waals surface area contributed by atoms with Gasteiger partial charge in [0.2, 0.25) is 0 Å². The molecule has 2 N–H and O–H groups in total. The van der Waals surface area contributed by atoms with Gasteiger partial charge in [-0.2, -0.15) is 0 Å². The smallest absolute Gasteiger partial charge is 0.00161 e. The van der Waals surface area contributed by atoms with E-state index in [-0.39, 0.29) is 0 Å². The highest BCUT2D eigenvalue weighted by Crippen LogP contribution is 2.22. The average molecular weight is 240 g/mol. The first kappa shape index (κ1) is 15.0. The quantitative estimate of drug-likeness (QED) is 0.659. The molecule has 1 aliphatic rings. The monoisotopic (exact) mass is 240 g/mol. The van der Waals surface area contributed by atoms with Crippen molar-refractivity contribution in [2.45, 2.75) is 64.7 Å². The molecule has 0 saturated carbocycles. The van der Waals surface area contributed by atoms with Crippen LogP contribution in [0.3, 0.4) is 0 Å². The standard InChI is InChI=1S/C15H32N2/c1-2-8-15-9-7-13-17(14-10-15)12-6-4-3-5-11-16/h15H,2-14,16H2,1H3. The number of hydrogen-bond acceptors (Lipinski definition) is 2. The van der Waals surface area contributed by atoms with E-state index in [1.807, 2.05) is 0 Å². The van der Waals surface area contributed by atoms with Crippen molar-refractivity contribution in [1.82, 2.24) is 4.90 Å². The van der Waals surface area contributed by atoms with Crippen LogP contribution in [0, 0.1) is 5.92 Å². The largest absolute Gasteiger partial charge is 0.330 e. The molecule has 0 amide bonds. The first-order chi connectivity index (χ1) is 8.36. The molecule has 2 heteroatoms. The summed E-state index contributed by atoms with van der Waals surface area (Å²) in [7, 11) is 0. The van der Waals surface area contributed by atoms with Crippen LogP contribution in [0.5, 0.6) is 0 Å². The van der Waals surface area contributed by atoms with Gasteiger partial charge in [-0.05, 0) is 64.2 Å². The van der Waals surface area contributed by atoms with Crippen LogP contribution in [0.1, 0.15) is 64.7 Å². The Balaban J connectivity index is 2.05. The van der Waals surface area contributed by atoms with Crippen molar-refractivity contribution >= 4 is 0 Å². The summed E-state index contributed by atoms with van der Waals surface area (Å²) < 4.78 is 0. The molecule has 17 heavy (non-hydrogen) atoms. The molecule has 0 aromatic carbocycles. The third-order valence-electron chi connectivity index (χ3n) is 4.07. The predicted octanol–water partition coefficient (Wildman–Crippen LogP) is 3.41. The molecule has 1 saturated heterocycles. The molecular weight excluding hydrogens is 208 g/mol. The predicted molar refractivity (Wildman–Crippen MR) is 76.2 cm³/mol. The lowest BCUT2D eigenvalue weighted by atomic mass is 9.96. The Kier molecular flexibility index (Phi) is 8.72. The van der Waals surface area contributed by atoms with E-state index in [1.54, 1.807) is 0 Å². The van der Waals surface area contributed by atoms with E-state index in [4.69, 9.17) is 5.73 Å². The lowest BCUT2D eigenvalue weighted by Gasteiger charge is -2.20. The zero-order valence-electron chi connectivity index (χ0n) is 11.8. The molecule has 1 unspecified atom stereocenters. The highest BCUT2D eigenvalue weighted by molar-refractivity contribution is 4.70. The maximum atomic E-state index is 5.51. The minimum atomic E-state index is 0.864. The van der Waals surface area contributed by atoms with Crippen molar-refractivity contribution in [3.63, 3.8) is 0 Å². The molecule has 2 nitrogen and oxygen atoms in total. The molecule has 0 bridgehead atoms. The van der Waals surface area contributed by atoms with Gasteiger partial charge in [-0.1, -0.05) is 32.6 Å². The van der Waals surface area contributed by atoms with Crippen LogP contribution >= 0.6 is 0 Å². The molecular formula is C15H32N2. The van der Waals surface area contributed by atoms with Crippen molar-refractivity contribution in [2.24, 2.45) is 11.7 Å². The SMILES string of the molecule is CCCC1CCCN(CCCCCCN)CC1. The molecule has 0 aromatic rings. The lowest BCUT2D eigenvalue weighted by Crippen LogP contribution is -2.26. The van der Waals surface area contributed by atoms with Crippen molar-refractivity contribution in [3.05, 3.63) is 0 Å². The van der Waals surface area contributed by atoms with Gasteiger partial charge in [0.15, 0.2) is 0 Å². The van der Waals surface area contributed by atoms with Gasteiger partial charge >= 0.3 is 0 Å². The van der Waals surface area contributed by atoms with Gasteiger partial charge in [0, 0.05) is 0 Å². The Morgan fingerprint density at radius 2 is 1.88 bits per heavy atom. The van der Waals surface area contributed by atoms with Gasteiger partial charge in [-0.25, -0.2) is 0 Å². The summed E-state index contributed by atoms with van der Waals surface area (Å²) >= 11 is 0. The van der Waals surface area contributed by atoms with Crippen LogP contribution in [0.4, 0.5) is 0 Å². The van der Waals surface area contributed by atoms with Crippen LogP contribution in [-0.4, -0.2) is 31.1 Å². The van der Waals surface area contributed by atoms with Crippen LogP contribution in [0.25, 0.3) is 0 Å². The van der Waals surface area contributed by atoms with E-state index in [0.717, 1.165) is 12.5 Å². The zero-order valence-corrected chi connectivity index (χ0v) is 11.8. The van der Waals surface area contributed by atoms with Gasteiger partial charge in [0.05, 0.1) is 0 Å². The van der Waals surface area contributed by atoms with Crippen LogP contribution in [0.2, 0.25) is 0 Å².